The monoisotopic (exact) mass is 305 g/mol. The van der Waals surface area contributed by atoms with Crippen molar-refractivity contribution < 1.29 is 14.3 Å². The normalized spacial score (nSPS) is 12.4. The molecule has 1 atom stereocenters. The number of benzene rings is 1. The molecule has 0 aromatic heterocycles. The Morgan fingerprint density at radius 2 is 2.14 bits per heavy atom. The summed E-state index contributed by atoms with van der Waals surface area (Å²) in [5.41, 5.74) is 0.618. The van der Waals surface area contributed by atoms with Crippen molar-refractivity contribution in [3.8, 4) is 5.75 Å². The van der Waals surface area contributed by atoms with Crippen molar-refractivity contribution >= 4 is 6.09 Å². The molecule has 1 N–H and O–H groups in total. The highest BCUT2D eigenvalue weighted by Gasteiger charge is 2.19. The number of nitrogens with one attached hydrogen (secondary N) is 1. The largest absolute Gasteiger partial charge is 0.497 e. The summed E-state index contributed by atoms with van der Waals surface area (Å²) in [4.78, 5) is 12.0. The maximum atomic E-state index is 12.0. The van der Waals surface area contributed by atoms with E-state index in [1.54, 1.807) is 7.11 Å². The second-order valence-corrected chi connectivity index (χ2v) is 6.26. The maximum Gasteiger partial charge on any atom is 0.407 e. The molecule has 0 saturated carbocycles. The molecule has 0 heterocycles. The van der Waals surface area contributed by atoms with E-state index in [-0.39, 0.29) is 12.1 Å². The van der Waals surface area contributed by atoms with Crippen molar-refractivity contribution in [1.29, 1.82) is 0 Å². The lowest BCUT2D eigenvalue weighted by molar-refractivity contribution is 0.0502. The minimum atomic E-state index is -0.497. The van der Waals surface area contributed by atoms with E-state index >= 15 is 0 Å². The number of hydrogen-bond acceptors (Lipinski definition) is 3. The van der Waals surface area contributed by atoms with Gasteiger partial charge in [-0.2, -0.15) is 0 Å². The van der Waals surface area contributed by atoms with Crippen molar-refractivity contribution in [2.45, 2.75) is 51.7 Å². The third kappa shape index (κ3) is 7.16. The lowest BCUT2D eigenvalue weighted by atomic mass is 10.0. The van der Waals surface area contributed by atoms with Crippen LogP contribution in [0.5, 0.6) is 5.75 Å². The Labute approximate surface area is 133 Å². The minimum absolute atomic E-state index is 0.0000406. The number of allylic oxidation sites excluding steroid dienone is 1. The van der Waals surface area contributed by atoms with Crippen molar-refractivity contribution in [2.75, 3.05) is 7.11 Å². The number of carbonyl (C=O) groups excluding carboxylic acids is 1. The molecule has 0 aliphatic carbocycles. The number of alkyl carbamates (subject to hydrolysis) is 1. The van der Waals surface area contributed by atoms with E-state index in [1.165, 1.54) is 0 Å². The summed E-state index contributed by atoms with van der Waals surface area (Å²) in [7, 11) is 1.65. The zero-order valence-corrected chi connectivity index (χ0v) is 14.0. The molecular weight excluding hydrogens is 278 g/mol. The van der Waals surface area contributed by atoms with Gasteiger partial charge in [-0.3, -0.25) is 0 Å². The molecule has 4 nitrogen and oxygen atoms in total. The first-order valence-corrected chi connectivity index (χ1v) is 7.57. The van der Waals surface area contributed by atoms with Crippen LogP contribution in [-0.2, 0) is 11.2 Å². The first-order valence-electron chi connectivity index (χ1n) is 7.57. The Kier molecular flexibility index (Phi) is 6.96. The minimum Gasteiger partial charge on any atom is -0.497 e. The fraction of sp³-hybridized carbons (Fsp3) is 0.500. The summed E-state index contributed by atoms with van der Waals surface area (Å²) < 4.78 is 10.6. The Morgan fingerprint density at radius 3 is 2.73 bits per heavy atom. The summed E-state index contributed by atoms with van der Waals surface area (Å²) in [6.07, 6.45) is 3.86. The summed E-state index contributed by atoms with van der Waals surface area (Å²) in [6.45, 7) is 9.31. The van der Waals surface area contributed by atoms with Gasteiger partial charge in [-0.25, -0.2) is 4.79 Å². The average Bonchev–Trinajstić information content (AvgIpc) is 2.43. The lowest BCUT2D eigenvalue weighted by Gasteiger charge is -2.23. The van der Waals surface area contributed by atoms with Gasteiger partial charge in [0.1, 0.15) is 11.4 Å². The second-order valence-electron chi connectivity index (χ2n) is 6.26. The lowest BCUT2D eigenvalue weighted by Crippen LogP contribution is -2.40. The Hall–Kier alpha value is -1.97. The SMILES string of the molecule is C=CCCC(Cc1cccc(OC)c1)NC(=O)OC(C)(C)C. The molecule has 0 saturated heterocycles. The van der Waals surface area contributed by atoms with E-state index in [2.05, 4.69) is 11.9 Å². The smallest absolute Gasteiger partial charge is 0.407 e. The van der Waals surface area contributed by atoms with Crippen LogP contribution in [0.15, 0.2) is 36.9 Å². The Morgan fingerprint density at radius 1 is 1.41 bits per heavy atom. The summed E-state index contributed by atoms with van der Waals surface area (Å²) in [5, 5.41) is 2.94. The molecule has 1 rings (SSSR count). The molecular formula is C18H27NO3. The standard InChI is InChI=1S/C18H27NO3/c1-6-7-10-15(19-17(20)22-18(2,3)4)12-14-9-8-11-16(13-14)21-5/h6,8-9,11,13,15H,1,7,10,12H2,2-5H3,(H,19,20). The molecule has 0 aliphatic heterocycles. The number of ether oxygens (including phenoxy) is 2. The zero-order valence-electron chi connectivity index (χ0n) is 14.0. The molecule has 122 valence electrons. The van der Waals surface area contributed by atoms with Crippen LogP contribution in [0.4, 0.5) is 4.79 Å². The van der Waals surface area contributed by atoms with Crippen LogP contribution in [0.3, 0.4) is 0 Å². The van der Waals surface area contributed by atoms with Crippen LogP contribution < -0.4 is 10.1 Å². The van der Waals surface area contributed by atoms with Crippen LogP contribution in [0.1, 0.15) is 39.2 Å². The first-order chi connectivity index (χ1) is 10.3. The molecule has 0 spiro atoms. The highest BCUT2D eigenvalue weighted by molar-refractivity contribution is 5.68. The topological polar surface area (TPSA) is 47.6 Å². The van der Waals surface area contributed by atoms with Crippen LogP contribution in [0, 0.1) is 0 Å². The van der Waals surface area contributed by atoms with Gasteiger partial charge in [-0.05, 0) is 57.7 Å². The summed E-state index contributed by atoms with van der Waals surface area (Å²) in [5.74, 6) is 0.817. The highest BCUT2D eigenvalue weighted by Crippen LogP contribution is 2.16. The van der Waals surface area contributed by atoms with Gasteiger partial charge in [0.2, 0.25) is 0 Å². The molecule has 1 aromatic carbocycles. The molecule has 4 heteroatoms. The van der Waals surface area contributed by atoms with E-state index < -0.39 is 5.60 Å². The first kappa shape index (κ1) is 18.1. The quantitative estimate of drug-likeness (QED) is 0.772. The Bertz CT molecular complexity index is 491. The number of carbonyl (C=O) groups is 1. The molecule has 22 heavy (non-hydrogen) atoms. The van der Waals surface area contributed by atoms with E-state index in [0.717, 1.165) is 30.6 Å². The number of methoxy groups -OCH3 is 1. The summed E-state index contributed by atoms with van der Waals surface area (Å²) in [6, 6.07) is 7.87. The molecule has 1 aromatic rings. The zero-order chi connectivity index (χ0) is 16.6. The maximum absolute atomic E-state index is 12.0. The van der Waals surface area contributed by atoms with Gasteiger partial charge in [-0.1, -0.05) is 18.2 Å². The number of rotatable bonds is 7. The predicted octanol–water partition coefficient (Wildman–Crippen LogP) is 4.10. The predicted molar refractivity (Wildman–Crippen MR) is 89.3 cm³/mol. The molecule has 0 aliphatic rings. The third-order valence-corrected chi connectivity index (χ3v) is 3.06. The van der Waals surface area contributed by atoms with Gasteiger partial charge in [0.05, 0.1) is 7.11 Å². The van der Waals surface area contributed by atoms with Crippen LogP contribution in [-0.4, -0.2) is 24.8 Å². The fourth-order valence-corrected chi connectivity index (χ4v) is 2.10. The third-order valence-electron chi connectivity index (χ3n) is 3.06. The molecule has 1 unspecified atom stereocenters. The number of amides is 1. The van der Waals surface area contributed by atoms with E-state index in [1.807, 2.05) is 51.1 Å². The molecule has 1 amide bonds. The van der Waals surface area contributed by atoms with Crippen molar-refractivity contribution in [2.24, 2.45) is 0 Å². The van der Waals surface area contributed by atoms with Gasteiger partial charge in [0.15, 0.2) is 0 Å². The van der Waals surface area contributed by atoms with Gasteiger partial charge >= 0.3 is 6.09 Å². The van der Waals surface area contributed by atoms with Crippen LogP contribution in [0.2, 0.25) is 0 Å². The average molecular weight is 305 g/mol. The molecule has 0 radical (unpaired) electrons. The van der Waals surface area contributed by atoms with E-state index in [0.29, 0.717) is 0 Å². The Balaban J connectivity index is 2.70. The van der Waals surface area contributed by atoms with E-state index in [4.69, 9.17) is 9.47 Å². The number of hydrogen-bond donors (Lipinski definition) is 1. The van der Waals surface area contributed by atoms with Crippen molar-refractivity contribution in [3.05, 3.63) is 42.5 Å². The van der Waals surface area contributed by atoms with Crippen molar-refractivity contribution in [3.63, 3.8) is 0 Å². The molecule has 0 bridgehead atoms. The van der Waals surface area contributed by atoms with Crippen molar-refractivity contribution in [1.82, 2.24) is 5.32 Å². The second kappa shape index (κ2) is 8.47. The van der Waals surface area contributed by atoms with Crippen LogP contribution >= 0.6 is 0 Å². The van der Waals surface area contributed by atoms with Crippen LogP contribution in [0.25, 0.3) is 0 Å². The van der Waals surface area contributed by atoms with Gasteiger partial charge in [-0.15, -0.1) is 6.58 Å². The molecule has 0 fully saturated rings. The summed E-state index contributed by atoms with van der Waals surface area (Å²) >= 11 is 0. The van der Waals surface area contributed by atoms with E-state index in [9.17, 15) is 4.79 Å². The van der Waals surface area contributed by atoms with Gasteiger partial charge in [0.25, 0.3) is 0 Å². The van der Waals surface area contributed by atoms with Gasteiger partial charge < -0.3 is 14.8 Å². The highest BCUT2D eigenvalue weighted by atomic mass is 16.6. The fourth-order valence-electron chi connectivity index (χ4n) is 2.10. The van der Waals surface area contributed by atoms with Gasteiger partial charge in [0, 0.05) is 6.04 Å².